The van der Waals surface area contributed by atoms with Crippen LogP contribution in [0.5, 0.6) is 0 Å². The largest absolute Gasteiger partial charge is 0.468 e. The summed E-state index contributed by atoms with van der Waals surface area (Å²) in [5.41, 5.74) is -0.650. The Morgan fingerprint density at radius 2 is 2.32 bits per heavy atom. The van der Waals surface area contributed by atoms with Gasteiger partial charge in [-0.3, -0.25) is 9.89 Å². The molecule has 0 bridgehead atoms. The Kier molecular flexibility index (Phi) is 6.30. The topological polar surface area (TPSA) is 79.9 Å². The summed E-state index contributed by atoms with van der Waals surface area (Å²) < 4.78 is 4.87. The van der Waals surface area contributed by atoms with Crippen molar-refractivity contribution in [2.75, 3.05) is 19.4 Å². The summed E-state index contributed by atoms with van der Waals surface area (Å²) in [4.78, 5) is 16.1. The average molecular weight is 286 g/mol. The van der Waals surface area contributed by atoms with Gasteiger partial charge in [0.2, 0.25) is 5.16 Å². The molecule has 108 valence electrons. The lowest BCUT2D eigenvalue weighted by Gasteiger charge is -2.27. The van der Waals surface area contributed by atoms with E-state index >= 15 is 0 Å². The number of thioether (sulfide) groups is 1. The number of esters is 1. The molecule has 0 aliphatic carbocycles. The van der Waals surface area contributed by atoms with Gasteiger partial charge >= 0.3 is 5.97 Å². The number of hydrogen-bond donors (Lipinski definition) is 2. The van der Waals surface area contributed by atoms with Crippen LogP contribution in [0.4, 0.5) is 0 Å². The Hall–Kier alpha value is -1.08. The summed E-state index contributed by atoms with van der Waals surface area (Å²) in [7, 11) is 1.42. The average Bonchev–Trinajstić information content (AvgIpc) is 2.81. The zero-order valence-corrected chi connectivity index (χ0v) is 12.8. The molecule has 0 aromatic carbocycles. The number of hydrogen-bond acceptors (Lipinski definition) is 6. The molecule has 0 amide bonds. The van der Waals surface area contributed by atoms with E-state index in [1.165, 1.54) is 18.9 Å². The van der Waals surface area contributed by atoms with Crippen molar-refractivity contribution in [1.82, 2.24) is 20.5 Å². The first-order chi connectivity index (χ1) is 9.01. The lowest BCUT2D eigenvalue weighted by molar-refractivity contribution is -0.148. The molecule has 0 radical (unpaired) electrons. The minimum absolute atomic E-state index is 0.229. The molecule has 1 rings (SSSR count). The fourth-order valence-corrected chi connectivity index (χ4v) is 2.63. The minimum Gasteiger partial charge on any atom is -0.468 e. The van der Waals surface area contributed by atoms with Gasteiger partial charge in [-0.05, 0) is 33.2 Å². The van der Waals surface area contributed by atoms with Gasteiger partial charge in [-0.15, -0.1) is 5.10 Å². The van der Waals surface area contributed by atoms with Crippen molar-refractivity contribution in [2.45, 2.75) is 44.3 Å². The van der Waals surface area contributed by atoms with Crippen LogP contribution >= 0.6 is 11.8 Å². The molecule has 1 atom stereocenters. The standard InChI is InChI=1S/C12H22N4O2S/c1-5-7-13-12(3,10(17)18-4)6-8-19-11-14-9(2)15-16-11/h13H,5-8H2,1-4H3,(H,14,15,16). The van der Waals surface area contributed by atoms with Crippen LogP contribution in [-0.2, 0) is 9.53 Å². The molecule has 1 aromatic rings. The highest BCUT2D eigenvalue weighted by Crippen LogP contribution is 2.20. The molecule has 0 aliphatic rings. The van der Waals surface area contributed by atoms with E-state index in [1.807, 2.05) is 13.8 Å². The van der Waals surface area contributed by atoms with Crippen molar-refractivity contribution in [2.24, 2.45) is 0 Å². The van der Waals surface area contributed by atoms with Crippen LogP contribution in [0.2, 0.25) is 0 Å². The van der Waals surface area contributed by atoms with Gasteiger partial charge < -0.3 is 10.1 Å². The van der Waals surface area contributed by atoms with Crippen molar-refractivity contribution in [3.63, 3.8) is 0 Å². The van der Waals surface area contributed by atoms with Crippen LogP contribution in [-0.4, -0.2) is 46.1 Å². The molecule has 19 heavy (non-hydrogen) atoms. The number of nitrogens with one attached hydrogen (secondary N) is 2. The summed E-state index contributed by atoms with van der Waals surface area (Å²) in [5, 5.41) is 10.8. The van der Waals surface area contributed by atoms with Crippen LogP contribution in [0.15, 0.2) is 5.16 Å². The van der Waals surface area contributed by atoms with E-state index in [0.29, 0.717) is 11.6 Å². The Morgan fingerprint density at radius 1 is 1.58 bits per heavy atom. The number of ether oxygens (including phenoxy) is 1. The van der Waals surface area contributed by atoms with Crippen molar-refractivity contribution in [1.29, 1.82) is 0 Å². The van der Waals surface area contributed by atoms with Crippen LogP contribution in [0.3, 0.4) is 0 Å². The number of methoxy groups -OCH3 is 1. The molecule has 2 N–H and O–H groups in total. The molecule has 1 aromatic heterocycles. The van der Waals surface area contributed by atoms with Gasteiger partial charge in [0.25, 0.3) is 0 Å². The number of aryl methyl sites for hydroxylation is 1. The monoisotopic (exact) mass is 286 g/mol. The summed E-state index contributed by atoms with van der Waals surface area (Å²) >= 11 is 1.53. The lowest BCUT2D eigenvalue weighted by atomic mass is 9.99. The number of rotatable bonds is 8. The van der Waals surface area contributed by atoms with Gasteiger partial charge in [-0.2, -0.15) is 0 Å². The maximum atomic E-state index is 11.9. The Morgan fingerprint density at radius 3 is 2.84 bits per heavy atom. The summed E-state index contributed by atoms with van der Waals surface area (Å²) in [6.45, 7) is 6.59. The second-order valence-electron chi connectivity index (χ2n) is 4.55. The highest BCUT2D eigenvalue weighted by molar-refractivity contribution is 7.99. The molecule has 0 saturated heterocycles. The summed E-state index contributed by atoms with van der Waals surface area (Å²) in [6, 6.07) is 0. The third-order valence-corrected chi connectivity index (χ3v) is 3.66. The Balaban J connectivity index is 2.50. The fraction of sp³-hybridized carbons (Fsp3) is 0.750. The molecule has 0 spiro atoms. The molecular weight excluding hydrogens is 264 g/mol. The molecule has 6 nitrogen and oxygen atoms in total. The maximum absolute atomic E-state index is 11.9. The quantitative estimate of drug-likeness (QED) is 0.557. The summed E-state index contributed by atoms with van der Waals surface area (Å²) in [5.74, 6) is 1.31. The van der Waals surface area contributed by atoms with Gasteiger partial charge in [0.15, 0.2) is 0 Å². The van der Waals surface area contributed by atoms with Gasteiger partial charge in [0, 0.05) is 5.75 Å². The van der Waals surface area contributed by atoms with Crippen molar-refractivity contribution >= 4 is 17.7 Å². The van der Waals surface area contributed by atoms with Crippen LogP contribution in [0, 0.1) is 6.92 Å². The Labute approximate surface area is 118 Å². The number of aromatic amines is 1. The lowest BCUT2D eigenvalue weighted by Crippen LogP contribution is -2.50. The SMILES string of the molecule is CCCNC(C)(CCSc1n[nH]c(C)n1)C(=O)OC. The van der Waals surface area contributed by atoms with E-state index in [-0.39, 0.29) is 5.97 Å². The zero-order chi connectivity index (χ0) is 14.3. The van der Waals surface area contributed by atoms with Gasteiger partial charge in [-0.1, -0.05) is 18.7 Å². The minimum atomic E-state index is -0.650. The van der Waals surface area contributed by atoms with Gasteiger partial charge in [-0.25, -0.2) is 4.98 Å². The van der Waals surface area contributed by atoms with Gasteiger partial charge in [0.05, 0.1) is 7.11 Å². The molecule has 0 saturated carbocycles. The molecule has 1 unspecified atom stereocenters. The van der Waals surface area contributed by atoms with Gasteiger partial charge in [0.1, 0.15) is 11.4 Å². The highest BCUT2D eigenvalue weighted by atomic mass is 32.2. The van der Waals surface area contributed by atoms with E-state index in [1.54, 1.807) is 0 Å². The molecule has 0 aliphatic heterocycles. The highest BCUT2D eigenvalue weighted by Gasteiger charge is 2.33. The van der Waals surface area contributed by atoms with E-state index in [0.717, 1.165) is 24.5 Å². The van der Waals surface area contributed by atoms with Crippen molar-refractivity contribution < 1.29 is 9.53 Å². The first-order valence-corrected chi connectivity index (χ1v) is 7.35. The van der Waals surface area contributed by atoms with Crippen LogP contribution in [0.1, 0.15) is 32.5 Å². The van der Waals surface area contributed by atoms with E-state index < -0.39 is 5.54 Å². The van der Waals surface area contributed by atoms with E-state index in [2.05, 4.69) is 27.4 Å². The summed E-state index contributed by atoms with van der Waals surface area (Å²) in [6.07, 6.45) is 1.64. The zero-order valence-electron chi connectivity index (χ0n) is 11.9. The number of aromatic nitrogens is 3. The van der Waals surface area contributed by atoms with E-state index in [4.69, 9.17) is 4.74 Å². The third kappa shape index (κ3) is 4.83. The number of carbonyl (C=O) groups excluding carboxylic acids is 1. The van der Waals surface area contributed by atoms with Crippen molar-refractivity contribution in [3.8, 4) is 0 Å². The first-order valence-electron chi connectivity index (χ1n) is 6.37. The van der Waals surface area contributed by atoms with Crippen LogP contribution < -0.4 is 5.32 Å². The number of nitrogens with zero attached hydrogens (tertiary/aromatic N) is 2. The third-order valence-electron chi connectivity index (χ3n) is 2.81. The fourth-order valence-electron chi connectivity index (χ4n) is 1.62. The molecule has 1 heterocycles. The van der Waals surface area contributed by atoms with E-state index in [9.17, 15) is 4.79 Å². The normalized spacial score (nSPS) is 14.1. The first kappa shape index (κ1) is 16.0. The second kappa shape index (κ2) is 7.49. The molecular formula is C12H22N4O2S. The molecule has 0 fully saturated rings. The Bertz CT molecular complexity index is 410. The smallest absolute Gasteiger partial charge is 0.325 e. The maximum Gasteiger partial charge on any atom is 0.325 e. The molecule has 7 heteroatoms. The van der Waals surface area contributed by atoms with Crippen LogP contribution in [0.25, 0.3) is 0 Å². The second-order valence-corrected chi connectivity index (χ2v) is 5.61. The number of carbonyl (C=O) groups is 1. The predicted octanol–water partition coefficient (Wildman–Crippen LogP) is 1.53. The number of H-pyrrole nitrogens is 1. The van der Waals surface area contributed by atoms with Crippen molar-refractivity contribution in [3.05, 3.63) is 5.82 Å². The predicted molar refractivity (Wildman–Crippen MR) is 75.2 cm³/mol.